The Kier molecular flexibility index (Phi) is 3.87. The van der Waals surface area contributed by atoms with E-state index in [9.17, 15) is 4.79 Å². The number of methoxy groups -OCH3 is 1. The van der Waals surface area contributed by atoms with E-state index < -0.39 is 0 Å². The number of nitrogens with zero attached hydrogens (tertiary/aromatic N) is 1. The Balaban J connectivity index is 2.62. The van der Waals surface area contributed by atoms with Gasteiger partial charge in [-0.25, -0.2) is 4.79 Å². The molecule has 5 heteroatoms. The number of aryl methyl sites for hydroxylation is 2. The van der Waals surface area contributed by atoms with Crippen molar-refractivity contribution >= 4 is 29.9 Å². The van der Waals surface area contributed by atoms with E-state index in [4.69, 9.17) is 17.4 Å². The highest BCUT2D eigenvalue weighted by molar-refractivity contribution is 7.63. The number of hydrogen-bond donors (Lipinski definition) is 0. The standard InChI is InChI=1S/C14H15NO2S2/c1-8-5-9(2)7-15(6-8)11-10(3)12(13(16)17-4)19-14(11)18/h5-7H,1-4H3. The van der Waals surface area contributed by atoms with Crippen molar-refractivity contribution in [2.24, 2.45) is 0 Å². The topological polar surface area (TPSA) is 30.2 Å². The minimum absolute atomic E-state index is 0.329. The molecule has 0 saturated carbocycles. The molecule has 0 atom stereocenters. The number of ether oxygens (including phenoxy) is 1. The number of hydrogen-bond acceptors (Lipinski definition) is 4. The van der Waals surface area contributed by atoms with Gasteiger partial charge in [0.15, 0.2) is 12.4 Å². The van der Waals surface area contributed by atoms with Crippen molar-refractivity contribution in [3.05, 3.63) is 40.0 Å². The zero-order chi connectivity index (χ0) is 14.2. The fourth-order valence-electron chi connectivity index (χ4n) is 2.10. The van der Waals surface area contributed by atoms with Crippen LogP contribution in [-0.4, -0.2) is 13.1 Å². The number of rotatable bonds is 2. The first-order valence-corrected chi connectivity index (χ1v) is 7.05. The summed E-state index contributed by atoms with van der Waals surface area (Å²) in [5.41, 5.74) is 4.07. The third-order valence-electron chi connectivity index (χ3n) is 2.85. The van der Waals surface area contributed by atoms with E-state index in [-0.39, 0.29) is 5.97 Å². The zero-order valence-electron chi connectivity index (χ0n) is 11.3. The number of thiophene rings is 1. The summed E-state index contributed by atoms with van der Waals surface area (Å²) in [6.07, 6.45) is 4.03. The number of carbonyl (C=O) groups is 1. The summed E-state index contributed by atoms with van der Waals surface area (Å²) in [7, 11) is 1.38. The second-order valence-electron chi connectivity index (χ2n) is 4.48. The lowest BCUT2D eigenvalue weighted by Crippen LogP contribution is -2.32. The molecule has 0 radical (unpaired) electrons. The first-order chi connectivity index (χ1) is 8.93. The van der Waals surface area contributed by atoms with Crippen molar-refractivity contribution in [3.8, 4) is 5.69 Å². The minimum Gasteiger partial charge on any atom is -0.466 e. The molecule has 2 rings (SSSR count). The molecule has 0 aliphatic heterocycles. The molecule has 0 fully saturated rings. The highest BCUT2D eigenvalue weighted by Crippen LogP contribution is 2.28. The van der Waals surface area contributed by atoms with E-state index in [0.717, 1.165) is 22.4 Å². The summed E-state index contributed by atoms with van der Waals surface area (Å²) in [5, 5.41) is 0. The van der Waals surface area contributed by atoms with Crippen molar-refractivity contribution in [2.75, 3.05) is 7.11 Å². The highest BCUT2D eigenvalue weighted by atomic mass is 32.2. The van der Waals surface area contributed by atoms with Crippen molar-refractivity contribution in [3.63, 3.8) is 0 Å². The second kappa shape index (κ2) is 5.27. The molecule has 2 heterocycles. The van der Waals surface area contributed by atoms with Crippen LogP contribution in [-0.2, 0) is 17.4 Å². The fourth-order valence-corrected chi connectivity index (χ4v) is 3.57. The van der Waals surface area contributed by atoms with E-state index >= 15 is 0 Å². The van der Waals surface area contributed by atoms with Crippen LogP contribution in [0.2, 0.25) is 0 Å². The third kappa shape index (κ3) is 2.62. The molecule has 0 aliphatic carbocycles. The number of aromatic nitrogens is 1. The summed E-state index contributed by atoms with van der Waals surface area (Å²) in [5.74, 6) is -0.329. The van der Waals surface area contributed by atoms with Crippen molar-refractivity contribution in [1.29, 1.82) is 0 Å². The van der Waals surface area contributed by atoms with E-state index in [1.54, 1.807) is 0 Å². The molecule has 2 aromatic rings. The van der Waals surface area contributed by atoms with Gasteiger partial charge in [-0.1, -0.05) is 0 Å². The Morgan fingerprint density at radius 3 is 2.37 bits per heavy atom. The van der Waals surface area contributed by atoms with Gasteiger partial charge < -0.3 is 28.7 Å². The molecular formula is C14H15NO2S2. The van der Waals surface area contributed by atoms with Gasteiger partial charge in [-0.3, -0.25) is 0 Å². The molecule has 0 amide bonds. The predicted octanol–water partition coefficient (Wildman–Crippen LogP) is 2.64. The van der Waals surface area contributed by atoms with Crippen LogP contribution in [0.15, 0.2) is 22.7 Å². The van der Waals surface area contributed by atoms with Crippen LogP contribution in [0.4, 0.5) is 0 Å². The first kappa shape index (κ1) is 14.0. The van der Waals surface area contributed by atoms with Crippen LogP contribution in [0, 0.1) is 20.8 Å². The monoisotopic (exact) mass is 293 g/mol. The predicted molar refractivity (Wildman–Crippen MR) is 77.0 cm³/mol. The second-order valence-corrected chi connectivity index (χ2v) is 6.17. The Labute approximate surface area is 122 Å². The molecule has 2 aromatic heterocycles. The van der Waals surface area contributed by atoms with Gasteiger partial charge in [0.2, 0.25) is 5.69 Å². The lowest BCUT2D eigenvalue weighted by molar-refractivity contribution is -0.598. The highest BCUT2D eigenvalue weighted by Gasteiger charge is 2.19. The lowest BCUT2D eigenvalue weighted by Gasteiger charge is -2.03. The minimum atomic E-state index is -0.329. The fraction of sp³-hybridized carbons (Fsp3) is 0.286. The molecule has 0 bridgehead atoms. The van der Waals surface area contributed by atoms with Crippen LogP contribution < -0.4 is 4.57 Å². The Morgan fingerprint density at radius 2 is 1.84 bits per heavy atom. The number of esters is 1. The van der Waals surface area contributed by atoms with Gasteiger partial charge in [0, 0.05) is 21.6 Å². The van der Waals surface area contributed by atoms with Gasteiger partial charge in [0.05, 0.1) is 7.11 Å². The van der Waals surface area contributed by atoms with Gasteiger partial charge in [-0.2, -0.15) is 4.57 Å². The number of pyridine rings is 1. The molecule has 100 valence electrons. The van der Waals surface area contributed by atoms with Gasteiger partial charge in [-0.15, -0.1) is 0 Å². The summed E-state index contributed by atoms with van der Waals surface area (Å²) in [6, 6.07) is 2.10. The molecule has 0 aromatic carbocycles. The summed E-state index contributed by atoms with van der Waals surface area (Å²) in [6.45, 7) is 5.98. The SMILES string of the molecule is COC(=O)c1sc([S-])c(-[n+]2cc(C)cc(C)c2)c1C. The molecule has 0 aliphatic rings. The maximum atomic E-state index is 11.7. The first-order valence-electron chi connectivity index (χ1n) is 5.82. The smallest absolute Gasteiger partial charge is 0.329 e. The van der Waals surface area contributed by atoms with E-state index in [2.05, 4.69) is 6.07 Å². The van der Waals surface area contributed by atoms with Gasteiger partial charge >= 0.3 is 5.97 Å². The van der Waals surface area contributed by atoms with Crippen LogP contribution in [0.1, 0.15) is 26.4 Å². The summed E-state index contributed by atoms with van der Waals surface area (Å²) in [4.78, 5) is 12.3. The molecule has 0 unspecified atom stereocenters. The normalized spacial score (nSPS) is 10.5. The van der Waals surface area contributed by atoms with E-state index in [1.807, 2.05) is 37.7 Å². The van der Waals surface area contributed by atoms with Crippen molar-refractivity contribution < 1.29 is 14.1 Å². The van der Waals surface area contributed by atoms with Crippen LogP contribution in [0.3, 0.4) is 0 Å². The van der Waals surface area contributed by atoms with Crippen molar-refractivity contribution in [2.45, 2.75) is 25.0 Å². The lowest BCUT2D eigenvalue weighted by atomic mass is 10.2. The van der Waals surface area contributed by atoms with Gasteiger partial charge in [0.25, 0.3) is 0 Å². The van der Waals surface area contributed by atoms with E-state index in [1.165, 1.54) is 18.4 Å². The van der Waals surface area contributed by atoms with Gasteiger partial charge in [-0.05, 0) is 31.0 Å². The average molecular weight is 293 g/mol. The summed E-state index contributed by atoms with van der Waals surface area (Å²) >= 11 is 6.69. The zero-order valence-corrected chi connectivity index (χ0v) is 12.9. The Bertz CT molecular complexity index is 627. The summed E-state index contributed by atoms with van der Waals surface area (Å²) < 4.78 is 7.48. The maximum absolute atomic E-state index is 11.7. The molecular weight excluding hydrogens is 278 g/mol. The average Bonchev–Trinajstić information content (AvgIpc) is 2.62. The van der Waals surface area contributed by atoms with Gasteiger partial charge in [0.1, 0.15) is 0 Å². The number of carbonyl (C=O) groups excluding carboxylic acids is 1. The molecule has 19 heavy (non-hydrogen) atoms. The maximum Gasteiger partial charge on any atom is 0.329 e. The molecule has 0 saturated heterocycles. The Morgan fingerprint density at radius 1 is 1.26 bits per heavy atom. The quantitative estimate of drug-likeness (QED) is 0.484. The van der Waals surface area contributed by atoms with Crippen LogP contribution in [0.25, 0.3) is 5.69 Å². The largest absolute Gasteiger partial charge is 0.466 e. The van der Waals surface area contributed by atoms with Crippen molar-refractivity contribution in [1.82, 2.24) is 0 Å². The molecule has 0 spiro atoms. The van der Waals surface area contributed by atoms with Crippen LogP contribution in [0.5, 0.6) is 0 Å². The molecule has 3 nitrogen and oxygen atoms in total. The molecule has 0 N–H and O–H groups in total. The third-order valence-corrected chi connectivity index (χ3v) is 4.35. The Hall–Kier alpha value is -1.46. The van der Waals surface area contributed by atoms with E-state index in [0.29, 0.717) is 9.09 Å². The van der Waals surface area contributed by atoms with Crippen LogP contribution >= 0.6 is 11.3 Å².